The molecule has 4 heterocycles. The second-order valence-corrected chi connectivity index (χ2v) is 11.0. The summed E-state index contributed by atoms with van der Waals surface area (Å²) in [6.45, 7) is 8.94. The number of hydrogen-bond acceptors (Lipinski definition) is 8. The smallest absolute Gasteiger partial charge is 0.410 e. The van der Waals surface area contributed by atoms with Gasteiger partial charge in [-0.25, -0.2) is 14.2 Å². The van der Waals surface area contributed by atoms with E-state index in [-0.39, 0.29) is 36.1 Å². The van der Waals surface area contributed by atoms with Crippen LogP contribution in [0.15, 0.2) is 35.4 Å². The first-order valence-electron chi connectivity index (χ1n) is 14.4. The lowest BCUT2D eigenvalue weighted by atomic mass is 9.98. The lowest BCUT2D eigenvalue weighted by Crippen LogP contribution is -2.49. The highest BCUT2D eigenvalue weighted by Crippen LogP contribution is 2.35. The first-order valence-corrected chi connectivity index (χ1v) is 14.4. The topological polar surface area (TPSA) is 104 Å². The van der Waals surface area contributed by atoms with E-state index >= 15 is 4.39 Å². The molecule has 0 spiro atoms. The van der Waals surface area contributed by atoms with Crippen molar-refractivity contribution in [2.45, 2.75) is 70.1 Å². The van der Waals surface area contributed by atoms with Crippen molar-refractivity contribution in [1.29, 1.82) is 0 Å². The Morgan fingerprint density at radius 3 is 2.48 bits per heavy atom. The zero-order valence-electron chi connectivity index (χ0n) is 23.2. The van der Waals surface area contributed by atoms with E-state index in [0.29, 0.717) is 31.9 Å². The zero-order chi connectivity index (χ0) is 28.1. The van der Waals surface area contributed by atoms with Gasteiger partial charge in [0.25, 0.3) is 11.9 Å². The molecule has 40 heavy (non-hydrogen) atoms. The standard InChI is InChI=1S/C29H39FN6O4/c1-3-13-29(2,30)25-24(40-27(33-25)35-14-7-4-8-15-35)26(37)32-21-11-12-23(31-20-21)34-16-18-36(19-17-34)28(38)39-22-9-5-6-10-22/h3,11-12,20,22H,1,4-10,13-19H2,2H3,(H,32,37). The number of rotatable bonds is 8. The summed E-state index contributed by atoms with van der Waals surface area (Å²) >= 11 is 0. The fourth-order valence-electron chi connectivity index (χ4n) is 5.58. The highest BCUT2D eigenvalue weighted by atomic mass is 19.1. The third-order valence-electron chi connectivity index (χ3n) is 7.91. The molecule has 2 aromatic heterocycles. The monoisotopic (exact) mass is 554 g/mol. The Kier molecular flexibility index (Phi) is 8.56. The van der Waals surface area contributed by atoms with E-state index in [9.17, 15) is 9.59 Å². The van der Waals surface area contributed by atoms with Gasteiger partial charge in [0.05, 0.1) is 11.9 Å². The number of nitrogens with zero attached hydrogens (tertiary/aromatic N) is 5. The number of carbonyl (C=O) groups is 2. The minimum absolute atomic E-state index is 0.00106. The van der Waals surface area contributed by atoms with Crippen LogP contribution in [0.1, 0.15) is 74.5 Å². The maximum atomic E-state index is 15.6. The molecule has 2 aliphatic heterocycles. The van der Waals surface area contributed by atoms with E-state index in [4.69, 9.17) is 9.15 Å². The number of pyridine rings is 1. The van der Waals surface area contributed by atoms with Crippen LogP contribution in [0, 0.1) is 0 Å². The van der Waals surface area contributed by atoms with Crippen molar-refractivity contribution in [3.8, 4) is 0 Å². The van der Waals surface area contributed by atoms with Crippen LogP contribution in [0.2, 0.25) is 0 Å². The maximum Gasteiger partial charge on any atom is 0.410 e. The summed E-state index contributed by atoms with van der Waals surface area (Å²) in [5.41, 5.74) is -1.47. The molecule has 10 nitrogen and oxygen atoms in total. The summed E-state index contributed by atoms with van der Waals surface area (Å²) in [5, 5.41) is 2.78. The van der Waals surface area contributed by atoms with Crippen molar-refractivity contribution in [3.05, 3.63) is 42.4 Å². The molecular weight excluding hydrogens is 515 g/mol. The SMILES string of the molecule is C=CCC(C)(F)c1nc(N2CCCCC2)oc1C(=O)Nc1ccc(N2CCN(C(=O)OC3CCCC3)CC2)nc1. The van der Waals surface area contributed by atoms with Gasteiger partial charge in [-0.2, -0.15) is 4.98 Å². The molecule has 1 atom stereocenters. The van der Waals surface area contributed by atoms with Gasteiger partial charge in [0.15, 0.2) is 5.67 Å². The van der Waals surface area contributed by atoms with E-state index in [2.05, 4.69) is 26.8 Å². The summed E-state index contributed by atoms with van der Waals surface area (Å²) in [5.74, 6) is 0.0246. The largest absolute Gasteiger partial charge is 0.446 e. The van der Waals surface area contributed by atoms with Crippen molar-refractivity contribution in [3.63, 3.8) is 0 Å². The van der Waals surface area contributed by atoms with Crippen LogP contribution in [0.5, 0.6) is 0 Å². The summed E-state index contributed by atoms with van der Waals surface area (Å²) < 4.78 is 27.1. The Labute approximate surface area is 234 Å². The fourth-order valence-corrected chi connectivity index (χ4v) is 5.58. The van der Waals surface area contributed by atoms with Gasteiger partial charge in [0, 0.05) is 45.7 Å². The molecule has 216 valence electrons. The van der Waals surface area contributed by atoms with Gasteiger partial charge in [0.1, 0.15) is 17.6 Å². The Morgan fingerprint density at radius 1 is 1.10 bits per heavy atom. The van der Waals surface area contributed by atoms with Gasteiger partial charge < -0.3 is 29.2 Å². The average Bonchev–Trinajstić information content (AvgIpc) is 3.65. The van der Waals surface area contributed by atoms with Crippen LogP contribution in [-0.2, 0) is 10.4 Å². The van der Waals surface area contributed by atoms with Crippen molar-refractivity contribution in [1.82, 2.24) is 14.9 Å². The van der Waals surface area contributed by atoms with E-state index in [1.54, 1.807) is 17.2 Å². The molecule has 1 aliphatic carbocycles. The molecule has 1 N–H and O–H groups in total. The predicted molar refractivity (Wildman–Crippen MR) is 151 cm³/mol. The summed E-state index contributed by atoms with van der Waals surface area (Å²) in [7, 11) is 0. The number of allylic oxidation sites excluding steroid dienone is 1. The predicted octanol–water partition coefficient (Wildman–Crippen LogP) is 5.27. The molecule has 11 heteroatoms. The van der Waals surface area contributed by atoms with Gasteiger partial charge >= 0.3 is 6.09 Å². The van der Waals surface area contributed by atoms with Gasteiger partial charge in [-0.1, -0.05) is 6.08 Å². The van der Waals surface area contributed by atoms with E-state index in [0.717, 1.165) is 63.9 Å². The van der Waals surface area contributed by atoms with Crippen LogP contribution < -0.4 is 15.1 Å². The summed E-state index contributed by atoms with van der Waals surface area (Å²) in [6, 6.07) is 3.84. The first-order chi connectivity index (χ1) is 19.3. The molecule has 0 bridgehead atoms. The summed E-state index contributed by atoms with van der Waals surface area (Å²) in [6.07, 6.45) is 10.1. The number of anilines is 3. The third-order valence-corrected chi connectivity index (χ3v) is 7.91. The molecule has 1 unspecified atom stereocenters. The van der Waals surface area contributed by atoms with Gasteiger partial charge in [-0.15, -0.1) is 6.58 Å². The quantitative estimate of drug-likeness (QED) is 0.440. The zero-order valence-corrected chi connectivity index (χ0v) is 23.2. The molecule has 2 saturated heterocycles. The van der Waals surface area contributed by atoms with Crippen LogP contribution in [0.25, 0.3) is 0 Å². The molecule has 0 aromatic carbocycles. The number of alkyl halides is 1. The molecule has 3 fully saturated rings. The molecule has 0 radical (unpaired) electrons. The van der Waals surface area contributed by atoms with Gasteiger partial charge in [-0.3, -0.25) is 4.79 Å². The number of aromatic nitrogens is 2. The Hall–Kier alpha value is -3.63. The number of carbonyl (C=O) groups excluding carboxylic acids is 2. The average molecular weight is 555 g/mol. The normalized spacial score (nSPS) is 19.8. The fraction of sp³-hybridized carbons (Fsp3) is 0.586. The van der Waals surface area contributed by atoms with Crippen molar-refractivity contribution in [2.24, 2.45) is 0 Å². The molecule has 3 aliphatic rings. The number of piperidine rings is 1. The first kappa shape index (κ1) is 27.9. The van der Waals surface area contributed by atoms with Crippen molar-refractivity contribution in [2.75, 3.05) is 54.4 Å². The molecular formula is C29H39FN6O4. The number of amides is 2. The van der Waals surface area contributed by atoms with Crippen LogP contribution in [0.4, 0.5) is 26.7 Å². The lowest BCUT2D eigenvalue weighted by molar-refractivity contribution is 0.0638. The van der Waals surface area contributed by atoms with Crippen molar-refractivity contribution < 1.29 is 23.1 Å². The number of oxazole rings is 1. The van der Waals surface area contributed by atoms with E-state index < -0.39 is 11.6 Å². The highest BCUT2D eigenvalue weighted by molar-refractivity contribution is 6.03. The number of piperazine rings is 1. The highest BCUT2D eigenvalue weighted by Gasteiger charge is 2.37. The minimum Gasteiger partial charge on any atom is -0.446 e. The Balaban J connectivity index is 1.21. The van der Waals surface area contributed by atoms with Crippen LogP contribution in [-0.4, -0.2) is 72.2 Å². The minimum atomic E-state index is -1.90. The number of ether oxygens (including phenoxy) is 1. The lowest BCUT2D eigenvalue weighted by Gasteiger charge is -2.35. The Bertz CT molecular complexity index is 1180. The molecule has 5 rings (SSSR count). The van der Waals surface area contributed by atoms with Crippen molar-refractivity contribution >= 4 is 29.5 Å². The Morgan fingerprint density at radius 2 is 1.82 bits per heavy atom. The van der Waals surface area contributed by atoms with E-state index in [1.165, 1.54) is 13.0 Å². The second-order valence-electron chi connectivity index (χ2n) is 11.0. The molecule has 1 saturated carbocycles. The summed E-state index contributed by atoms with van der Waals surface area (Å²) in [4.78, 5) is 40.5. The molecule has 2 aromatic rings. The van der Waals surface area contributed by atoms with Gasteiger partial charge in [-0.05, 0) is 64.0 Å². The third kappa shape index (κ3) is 6.39. The number of hydrogen-bond donors (Lipinski definition) is 1. The molecule has 2 amide bonds. The van der Waals surface area contributed by atoms with Gasteiger partial charge in [0.2, 0.25) is 5.76 Å². The van der Waals surface area contributed by atoms with Crippen LogP contribution >= 0.6 is 0 Å². The van der Waals surface area contributed by atoms with E-state index in [1.807, 2.05) is 11.0 Å². The second kappa shape index (κ2) is 12.3. The maximum absolute atomic E-state index is 15.6. The van der Waals surface area contributed by atoms with Crippen LogP contribution in [0.3, 0.4) is 0 Å². The number of halogens is 1. The number of nitrogens with one attached hydrogen (secondary N) is 1.